The minimum absolute atomic E-state index is 0.121. The van der Waals surface area contributed by atoms with Gasteiger partial charge in [0.1, 0.15) is 35.6 Å². The molecule has 3 rings (SSSR count). The monoisotopic (exact) mass is 447 g/mol. The molecule has 166 valence electrons. The van der Waals surface area contributed by atoms with Gasteiger partial charge in [0.05, 0.1) is 12.0 Å². The van der Waals surface area contributed by atoms with Gasteiger partial charge < -0.3 is 14.8 Å². The number of methoxy groups -OCH3 is 1. The lowest BCUT2D eigenvalue weighted by molar-refractivity contribution is -0.384. The Hall–Kier alpha value is -4.71. The Bertz CT molecular complexity index is 1250. The van der Waals surface area contributed by atoms with E-state index in [1.165, 1.54) is 49.6 Å². The predicted molar refractivity (Wildman–Crippen MR) is 119 cm³/mol. The molecule has 0 unspecified atom stereocenters. The van der Waals surface area contributed by atoms with Gasteiger partial charge in [0, 0.05) is 29.4 Å². The summed E-state index contributed by atoms with van der Waals surface area (Å²) in [7, 11) is 1.49. The van der Waals surface area contributed by atoms with E-state index in [0.29, 0.717) is 17.1 Å². The van der Waals surface area contributed by atoms with Gasteiger partial charge >= 0.3 is 0 Å². The molecule has 0 aromatic heterocycles. The van der Waals surface area contributed by atoms with Crippen LogP contribution >= 0.6 is 0 Å². The van der Waals surface area contributed by atoms with Crippen molar-refractivity contribution in [1.82, 2.24) is 0 Å². The summed E-state index contributed by atoms with van der Waals surface area (Å²) in [4.78, 5) is 22.9. The number of carbonyl (C=O) groups excluding carboxylic acids is 1. The maximum Gasteiger partial charge on any atom is 0.271 e. The summed E-state index contributed by atoms with van der Waals surface area (Å²) in [5.74, 6) is -0.258. The number of ether oxygens (including phenoxy) is 2. The molecule has 9 heteroatoms. The SMILES string of the molecule is COc1ccc(/C=C(\C#N)C(=O)Nc2cccc([N+](=O)[O-])c2)c(OCc2ccc(F)cc2)c1. The number of nitriles is 1. The molecule has 33 heavy (non-hydrogen) atoms. The quantitative estimate of drug-likeness (QED) is 0.228. The summed E-state index contributed by atoms with van der Waals surface area (Å²) < 4.78 is 24.2. The minimum Gasteiger partial charge on any atom is -0.497 e. The first-order valence-electron chi connectivity index (χ1n) is 9.62. The zero-order chi connectivity index (χ0) is 23.8. The average Bonchev–Trinajstić information content (AvgIpc) is 2.82. The molecule has 0 radical (unpaired) electrons. The molecule has 0 fully saturated rings. The lowest BCUT2D eigenvalue weighted by atomic mass is 10.1. The summed E-state index contributed by atoms with van der Waals surface area (Å²) in [5, 5.41) is 22.9. The first-order chi connectivity index (χ1) is 15.9. The second kappa shape index (κ2) is 10.5. The molecule has 0 aliphatic heterocycles. The maximum absolute atomic E-state index is 13.1. The van der Waals surface area contributed by atoms with Crippen molar-refractivity contribution in [3.05, 3.63) is 99.4 Å². The van der Waals surface area contributed by atoms with Crippen molar-refractivity contribution in [2.75, 3.05) is 12.4 Å². The number of non-ortho nitro benzene ring substituents is 1. The molecular formula is C24H18FN3O5. The highest BCUT2D eigenvalue weighted by Crippen LogP contribution is 2.28. The molecule has 0 heterocycles. The Morgan fingerprint density at radius 2 is 1.94 bits per heavy atom. The Balaban J connectivity index is 1.85. The van der Waals surface area contributed by atoms with Gasteiger partial charge in [-0.3, -0.25) is 14.9 Å². The highest BCUT2D eigenvalue weighted by atomic mass is 19.1. The molecule has 0 bridgehead atoms. The lowest BCUT2D eigenvalue weighted by Crippen LogP contribution is -2.13. The highest BCUT2D eigenvalue weighted by Gasteiger charge is 2.14. The normalized spacial score (nSPS) is 10.8. The minimum atomic E-state index is -0.738. The number of hydrogen-bond acceptors (Lipinski definition) is 6. The van der Waals surface area contributed by atoms with Crippen LogP contribution in [0.15, 0.2) is 72.3 Å². The molecule has 3 aromatic rings. The zero-order valence-corrected chi connectivity index (χ0v) is 17.4. The third-order valence-electron chi connectivity index (χ3n) is 4.51. The van der Waals surface area contributed by atoms with Crippen LogP contribution in [0, 0.1) is 27.3 Å². The average molecular weight is 447 g/mol. The largest absolute Gasteiger partial charge is 0.497 e. The van der Waals surface area contributed by atoms with Crippen molar-refractivity contribution in [2.45, 2.75) is 6.61 Å². The number of hydrogen-bond donors (Lipinski definition) is 1. The standard InChI is InChI=1S/C24H18FN3O5/c1-32-22-10-7-17(23(13-22)33-15-16-5-8-19(25)9-6-16)11-18(14-26)24(29)27-20-3-2-4-21(12-20)28(30)31/h2-13H,15H2,1H3,(H,27,29)/b18-11+. The Labute approximate surface area is 188 Å². The second-order valence-corrected chi connectivity index (χ2v) is 6.75. The van der Waals surface area contributed by atoms with Gasteiger partial charge in [-0.1, -0.05) is 18.2 Å². The molecule has 1 amide bonds. The fourth-order valence-electron chi connectivity index (χ4n) is 2.83. The van der Waals surface area contributed by atoms with Crippen LogP contribution in [-0.2, 0) is 11.4 Å². The van der Waals surface area contributed by atoms with Crippen molar-refractivity contribution < 1.29 is 23.6 Å². The first kappa shape index (κ1) is 23.0. The lowest BCUT2D eigenvalue weighted by Gasteiger charge is -2.12. The number of rotatable bonds is 8. The van der Waals surface area contributed by atoms with Gasteiger partial charge in [-0.15, -0.1) is 0 Å². The fourth-order valence-corrected chi connectivity index (χ4v) is 2.83. The van der Waals surface area contributed by atoms with E-state index in [9.17, 15) is 24.6 Å². The highest BCUT2D eigenvalue weighted by molar-refractivity contribution is 6.10. The molecular weight excluding hydrogens is 429 g/mol. The smallest absolute Gasteiger partial charge is 0.271 e. The zero-order valence-electron chi connectivity index (χ0n) is 17.4. The van der Waals surface area contributed by atoms with E-state index in [2.05, 4.69) is 5.32 Å². The number of nitro benzene ring substituents is 1. The van der Waals surface area contributed by atoms with Crippen molar-refractivity contribution in [3.63, 3.8) is 0 Å². The van der Waals surface area contributed by atoms with E-state index >= 15 is 0 Å². The van der Waals surface area contributed by atoms with Crippen LogP contribution in [0.3, 0.4) is 0 Å². The Morgan fingerprint density at radius 3 is 2.61 bits per heavy atom. The Morgan fingerprint density at radius 1 is 1.18 bits per heavy atom. The number of nitro groups is 1. The molecule has 8 nitrogen and oxygen atoms in total. The van der Waals surface area contributed by atoms with E-state index in [1.54, 1.807) is 30.3 Å². The number of nitrogens with zero attached hydrogens (tertiary/aromatic N) is 2. The third-order valence-corrected chi connectivity index (χ3v) is 4.51. The van der Waals surface area contributed by atoms with E-state index in [4.69, 9.17) is 9.47 Å². The fraction of sp³-hybridized carbons (Fsp3) is 0.0833. The van der Waals surface area contributed by atoms with Crippen LogP contribution in [0.1, 0.15) is 11.1 Å². The van der Waals surface area contributed by atoms with Crippen LogP contribution in [0.5, 0.6) is 11.5 Å². The summed E-state index contributed by atoms with van der Waals surface area (Å²) in [6, 6.07) is 17.9. The van der Waals surface area contributed by atoms with Gasteiger partial charge in [0.2, 0.25) is 0 Å². The summed E-state index contributed by atoms with van der Waals surface area (Å²) >= 11 is 0. The number of benzene rings is 3. The molecule has 0 atom stereocenters. The Kier molecular flexibility index (Phi) is 7.34. The molecule has 3 aromatic carbocycles. The molecule has 1 N–H and O–H groups in total. The third kappa shape index (κ3) is 6.15. The summed E-state index contributed by atoms with van der Waals surface area (Å²) in [5.41, 5.74) is 0.903. The van der Waals surface area contributed by atoms with Gasteiger partial charge in [0.15, 0.2) is 0 Å². The van der Waals surface area contributed by atoms with E-state index < -0.39 is 10.8 Å². The van der Waals surface area contributed by atoms with Gasteiger partial charge in [-0.25, -0.2) is 4.39 Å². The molecule has 0 saturated heterocycles. The van der Waals surface area contributed by atoms with Gasteiger partial charge in [0.25, 0.3) is 11.6 Å². The van der Waals surface area contributed by atoms with Crippen molar-refractivity contribution in [3.8, 4) is 17.6 Å². The molecule has 0 spiro atoms. The summed E-state index contributed by atoms with van der Waals surface area (Å²) in [6.45, 7) is 0.121. The van der Waals surface area contributed by atoms with Crippen LogP contribution < -0.4 is 14.8 Å². The number of nitrogens with one attached hydrogen (secondary N) is 1. The van der Waals surface area contributed by atoms with Crippen LogP contribution in [0.2, 0.25) is 0 Å². The number of anilines is 1. The van der Waals surface area contributed by atoms with Crippen LogP contribution in [0.25, 0.3) is 6.08 Å². The van der Waals surface area contributed by atoms with Crippen LogP contribution in [0.4, 0.5) is 15.8 Å². The molecule has 0 aliphatic rings. The summed E-state index contributed by atoms with van der Waals surface area (Å²) in [6.07, 6.45) is 1.34. The topological polar surface area (TPSA) is 114 Å². The number of halogens is 1. The van der Waals surface area contributed by atoms with E-state index in [0.717, 1.165) is 5.56 Å². The van der Waals surface area contributed by atoms with Crippen LogP contribution in [-0.4, -0.2) is 17.9 Å². The number of carbonyl (C=O) groups is 1. The van der Waals surface area contributed by atoms with E-state index in [-0.39, 0.29) is 29.4 Å². The second-order valence-electron chi connectivity index (χ2n) is 6.75. The molecule has 0 aliphatic carbocycles. The van der Waals surface area contributed by atoms with Gasteiger partial charge in [-0.05, 0) is 42.0 Å². The van der Waals surface area contributed by atoms with Gasteiger partial charge in [-0.2, -0.15) is 5.26 Å². The molecule has 0 saturated carbocycles. The van der Waals surface area contributed by atoms with E-state index in [1.807, 2.05) is 6.07 Å². The predicted octanol–water partition coefficient (Wildman–Crippen LogP) is 4.87. The van der Waals surface area contributed by atoms with Crippen molar-refractivity contribution in [1.29, 1.82) is 5.26 Å². The van der Waals surface area contributed by atoms with Crippen molar-refractivity contribution in [2.24, 2.45) is 0 Å². The first-order valence-corrected chi connectivity index (χ1v) is 9.62. The maximum atomic E-state index is 13.1. The number of amides is 1. The van der Waals surface area contributed by atoms with Crippen molar-refractivity contribution >= 4 is 23.4 Å².